The number of halogens is 2. The molecule has 0 aliphatic heterocycles. The molecular formula is C26H21F2NO3. The Morgan fingerprint density at radius 2 is 1.53 bits per heavy atom. The van der Waals surface area contributed by atoms with Crippen molar-refractivity contribution in [1.82, 2.24) is 5.06 Å². The average molecular weight is 433 g/mol. The Balaban J connectivity index is 1.64. The number of carbonyl (C=O) groups is 1. The van der Waals surface area contributed by atoms with Gasteiger partial charge in [0.2, 0.25) is 5.91 Å². The molecule has 0 heterocycles. The van der Waals surface area contributed by atoms with Crippen LogP contribution in [0.1, 0.15) is 30.0 Å². The quantitative estimate of drug-likeness (QED) is 0.378. The Kier molecular flexibility index (Phi) is 5.88. The molecule has 3 aromatic carbocycles. The second-order valence-corrected chi connectivity index (χ2v) is 7.57. The number of fused-ring (bicyclic) bond motifs is 1. The molecule has 162 valence electrons. The number of allylic oxidation sites excluding steroid dienone is 2. The largest absolute Gasteiger partial charge is 0.457 e. The fourth-order valence-electron chi connectivity index (χ4n) is 3.68. The summed E-state index contributed by atoms with van der Waals surface area (Å²) in [6, 6.07) is 17.7. The molecule has 0 atom stereocenters. The summed E-state index contributed by atoms with van der Waals surface area (Å²) in [4.78, 5) is 12.1. The number of hydroxylamine groups is 2. The first-order valence-electron chi connectivity index (χ1n) is 10.0. The molecule has 0 unspecified atom stereocenters. The van der Waals surface area contributed by atoms with Crippen molar-refractivity contribution in [2.75, 3.05) is 7.05 Å². The van der Waals surface area contributed by atoms with Crippen LogP contribution in [0.5, 0.6) is 11.5 Å². The summed E-state index contributed by atoms with van der Waals surface area (Å²) in [6.45, 7) is 1.88. The third-order valence-corrected chi connectivity index (χ3v) is 5.38. The molecule has 0 spiro atoms. The first kappa shape index (κ1) is 21.5. The van der Waals surface area contributed by atoms with Crippen LogP contribution in [-0.4, -0.2) is 23.2 Å². The minimum atomic E-state index is -0.474. The smallest absolute Gasteiger partial charge is 0.250 e. The van der Waals surface area contributed by atoms with E-state index in [0.29, 0.717) is 27.7 Å². The zero-order valence-corrected chi connectivity index (χ0v) is 17.6. The molecule has 0 saturated carbocycles. The van der Waals surface area contributed by atoms with Gasteiger partial charge in [-0.1, -0.05) is 18.2 Å². The molecule has 1 amide bonds. The van der Waals surface area contributed by atoms with Gasteiger partial charge < -0.3 is 4.74 Å². The molecule has 1 N–H and O–H groups in total. The lowest BCUT2D eigenvalue weighted by Gasteiger charge is -2.10. The fraction of sp³-hybridized carbons (Fsp3) is 0.115. The van der Waals surface area contributed by atoms with E-state index in [2.05, 4.69) is 0 Å². The van der Waals surface area contributed by atoms with Gasteiger partial charge in [0, 0.05) is 7.05 Å². The number of ether oxygens (including phenoxy) is 1. The summed E-state index contributed by atoms with van der Waals surface area (Å²) < 4.78 is 32.7. The Hall–Kier alpha value is -3.77. The van der Waals surface area contributed by atoms with Crippen molar-refractivity contribution in [3.8, 4) is 11.5 Å². The third-order valence-electron chi connectivity index (χ3n) is 5.38. The molecule has 0 saturated heterocycles. The number of carbonyl (C=O) groups excluding carboxylic acids is 1. The highest BCUT2D eigenvalue weighted by atomic mass is 19.1. The first-order valence-corrected chi connectivity index (χ1v) is 10.0. The molecule has 0 aromatic heterocycles. The van der Waals surface area contributed by atoms with E-state index in [1.165, 1.54) is 31.3 Å². The first-order chi connectivity index (χ1) is 15.3. The van der Waals surface area contributed by atoms with Gasteiger partial charge in [-0.25, -0.2) is 13.8 Å². The van der Waals surface area contributed by atoms with E-state index in [-0.39, 0.29) is 18.1 Å². The molecule has 1 aliphatic rings. The topological polar surface area (TPSA) is 49.8 Å². The maximum atomic E-state index is 13.9. The van der Waals surface area contributed by atoms with E-state index in [1.54, 1.807) is 30.3 Å². The Morgan fingerprint density at radius 3 is 2.16 bits per heavy atom. The molecule has 32 heavy (non-hydrogen) atoms. The third kappa shape index (κ3) is 4.45. The molecule has 4 rings (SSSR count). The zero-order valence-electron chi connectivity index (χ0n) is 17.6. The van der Waals surface area contributed by atoms with E-state index < -0.39 is 5.91 Å². The number of benzene rings is 3. The predicted octanol–water partition coefficient (Wildman–Crippen LogP) is 6.32. The Morgan fingerprint density at radius 1 is 0.938 bits per heavy atom. The van der Waals surface area contributed by atoms with Crippen LogP contribution in [0.3, 0.4) is 0 Å². The van der Waals surface area contributed by atoms with Crippen LogP contribution in [0, 0.1) is 11.6 Å². The Bertz CT molecular complexity index is 1230. The van der Waals surface area contributed by atoms with Crippen LogP contribution in [0.15, 0.2) is 72.3 Å². The van der Waals surface area contributed by atoms with Gasteiger partial charge in [-0.3, -0.25) is 10.0 Å². The molecule has 0 radical (unpaired) electrons. The van der Waals surface area contributed by atoms with Crippen molar-refractivity contribution in [2.24, 2.45) is 0 Å². The molecule has 0 bridgehead atoms. The summed E-state index contributed by atoms with van der Waals surface area (Å²) in [7, 11) is 1.27. The van der Waals surface area contributed by atoms with Gasteiger partial charge in [-0.2, -0.15) is 0 Å². The lowest BCUT2D eigenvalue weighted by Crippen LogP contribution is -2.22. The Labute approximate surface area is 184 Å². The number of rotatable bonds is 5. The minimum absolute atomic E-state index is 0.0307. The summed E-state index contributed by atoms with van der Waals surface area (Å²) >= 11 is 0. The second kappa shape index (κ2) is 8.77. The SMILES string of the molecule is CC1=C(CC(=O)N(C)O)c2cc(F)ccc2/C1=C\c1ccc(Oc2ccc(F)cc2)cc1. The highest BCUT2D eigenvalue weighted by Gasteiger charge is 2.26. The summed E-state index contributed by atoms with van der Waals surface area (Å²) in [5, 5.41) is 10.0. The van der Waals surface area contributed by atoms with Crippen LogP contribution in [0.25, 0.3) is 17.2 Å². The van der Waals surface area contributed by atoms with Crippen molar-refractivity contribution in [3.63, 3.8) is 0 Å². The average Bonchev–Trinajstić information content (AvgIpc) is 3.01. The van der Waals surface area contributed by atoms with E-state index in [9.17, 15) is 18.8 Å². The van der Waals surface area contributed by atoms with Crippen LogP contribution >= 0.6 is 0 Å². The van der Waals surface area contributed by atoms with Crippen LogP contribution in [-0.2, 0) is 4.79 Å². The van der Waals surface area contributed by atoms with E-state index in [1.807, 2.05) is 25.1 Å². The van der Waals surface area contributed by atoms with E-state index >= 15 is 0 Å². The molecule has 4 nitrogen and oxygen atoms in total. The maximum absolute atomic E-state index is 13.9. The van der Waals surface area contributed by atoms with Crippen LogP contribution < -0.4 is 4.74 Å². The molecule has 6 heteroatoms. The van der Waals surface area contributed by atoms with Crippen LogP contribution in [0.4, 0.5) is 8.78 Å². The number of hydrogen-bond acceptors (Lipinski definition) is 3. The monoisotopic (exact) mass is 433 g/mol. The van der Waals surface area contributed by atoms with Crippen molar-refractivity contribution in [1.29, 1.82) is 0 Å². The zero-order chi connectivity index (χ0) is 22.8. The summed E-state index contributed by atoms with van der Waals surface area (Å²) in [6.07, 6.45) is 1.94. The predicted molar refractivity (Wildman–Crippen MR) is 119 cm³/mol. The van der Waals surface area contributed by atoms with Gasteiger partial charge in [-0.15, -0.1) is 0 Å². The van der Waals surface area contributed by atoms with E-state index in [0.717, 1.165) is 22.3 Å². The second-order valence-electron chi connectivity index (χ2n) is 7.57. The lowest BCUT2D eigenvalue weighted by molar-refractivity contribution is -0.157. The van der Waals surface area contributed by atoms with Crippen molar-refractivity contribution in [2.45, 2.75) is 13.3 Å². The van der Waals surface area contributed by atoms with Gasteiger partial charge in [0.25, 0.3) is 0 Å². The normalized spacial score (nSPS) is 14.0. The van der Waals surface area contributed by atoms with Gasteiger partial charge in [0.15, 0.2) is 0 Å². The summed E-state index contributed by atoms with van der Waals surface area (Å²) in [5.41, 5.74) is 4.81. The van der Waals surface area contributed by atoms with Crippen molar-refractivity contribution >= 4 is 23.1 Å². The van der Waals surface area contributed by atoms with Gasteiger partial charge >= 0.3 is 0 Å². The number of amides is 1. The lowest BCUT2D eigenvalue weighted by atomic mass is 10.0. The highest BCUT2D eigenvalue weighted by Crippen LogP contribution is 2.44. The van der Waals surface area contributed by atoms with Gasteiger partial charge in [0.1, 0.15) is 23.1 Å². The van der Waals surface area contributed by atoms with Crippen molar-refractivity contribution in [3.05, 3.63) is 101 Å². The fourth-order valence-corrected chi connectivity index (χ4v) is 3.68. The number of nitrogens with zero attached hydrogens (tertiary/aromatic N) is 1. The highest BCUT2D eigenvalue weighted by molar-refractivity contribution is 6.08. The maximum Gasteiger partial charge on any atom is 0.250 e. The van der Waals surface area contributed by atoms with Gasteiger partial charge in [0.05, 0.1) is 6.42 Å². The molecular weight excluding hydrogens is 412 g/mol. The standard InChI is InChI=1S/C26H21F2NO3/c1-16-23(22-12-7-19(28)14-25(22)24(16)15-26(30)29(2)31)13-17-3-8-20(9-4-17)32-21-10-5-18(27)6-11-21/h3-14,31H,15H2,1-2H3/b23-13-. The van der Waals surface area contributed by atoms with Crippen LogP contribution in [0.2, 0.25) is 0 Å². The van der Waals surface area contributed by atoms with Crippen molar-refractivity contribution < 1.29 is 23.5 Å². The molecule has 3 aromatic rings. The summed E-state index contributed by atoms with van der Waals surface area (Å²) in [5.74, 6) is -0.0462. The molecule has 0 fully saturated rings. The number of hydrogen-bond donors (Lipinski definition) is 1. The van der Waals surface area contributed by atoms with E-state index in [4.69, 9.17) is 4.74 Å². The molecule has 1 aliphatic carbocycles. The van der Waals surface area contributed by atoms with Gasteiger partial charge in [-0.05, 0) is 94.9 Å². The minimum Gasteiger partial charge on any atom is -0.457 e.